The van der Waals surface area contributed by atoms with Gasteiger partial charge in [0.1, 0.15) is 0 Å². The van der Waals surface area contributed by atoms with Crippen LogP contribution in [0.25, 0.3) is 5.69 Å². The highest BCUT2D eigenvalue weighted by atomic mass is 16.7. The van der Waals surface area contributed by atoms with Gasteiger partial charge < -0.3 is 14.6 Å². The van der Waals surface area contributed by atoms with Gasteiger partial charge in [0.15, 0.2) is 17.2 Å². The molecule has 21 heavy (non-hydrogen) atoms. The molecule has 2 aliphatic rings. The lowest BCUT2D eigenvalue weighted by atomic mass is 9.82. The van der Waals surface area contributed by atoms with Crippen LogP contribution in [-0.2, 0) is 0 Å². The lowest BCUT2D eigenvalue weighted by molar-refractivity contribution is 0.0687. The maximum atomic E-state index is 11.3. The van der Waals surface area contributed by atoms with Gasteiger partial charge in [-0.15, -0.1) is 5.10 Å². The van der Waals surface area contributed by atoms with E-state index in [0.29, 0.717) is 17.2 Å². The van der Waals surface area contributed by atoms with Crippen LogP contribution in [0.5, 0.6) is 11.5 Å². The largest absolute Gasteiger partial charge is 0.476 e. The highest BCUT2D eigenvalue weighted by molar-refractivity contribution is 5.87. The van der Waals surface area contributed by atoms with Gasteiger partial charge in [-0.25, -0.2) is 9.48 Å². The number of hydrogen-bond acceptors (Lipinski definition) is 5. The van der Waals surface area contributed by atoms with E-state index in [-0.39, 0.29) is 18.4 Å². The van der Waals surface area contributed by atoms with Gasteiger partial charge in [0.2, 0.25) is 6.79 Å². The van der Waals surface area contributed by atoms with E-state index >= 15 is 0 Å². The van der Waals surface area contributed by atoms with E-state index in [1.807, 2.05) is 6.07 Å². The zero-order chi connectivity index (χ0) is 14.4. The molecule has 0 saturated heterocycles. The molecule has 7 nitrogen and oxygen atoms in total. The van der Waals surface area contributed by atoms with Crippen LogP contribution in [0.1, 0.15) is 41.4 Å². The molecule has 0 atom stereocenters. The number of fused-ring (bicyclic) bond motifs is 1. The Labute approximate surface area is 120 Å². The number of benzene rings is 1. The monoisotopic (exact) mass is 287 g/mol. The molecule has 2 aromatic rings. The summed E-state index contributed by atoms with van der Waals surface area (Å²) >= 11 is 0. The molecule has 1 aliphatic carbocycles. The fourth-order valence-electron chi connectivity index (χ4n) is 2.70. The SMILES string of the molecule is O=C(O)c1nnn(-c2ccc3c(c2)OCO3)c1C1CCC1. The van der Waals surface area contributed by atoms with Crippen molar-refractivity contribution in [3.05, 3.63) is 29.6 Å². The summed E-state index contributed by atoms with van der Waals surface area (Å²) < 4.78 is 12.2. The molecule has 0 radical (unpaired) electrons. The van der Waals surface area contributed by atoms with E-state index in [9.17, 15) is 9.90 Å². The molecule has 1 saturated carbocycles. The molecule has 7 heteroatoms. The summed E-state index contributed by atoms with van der Waals surface area (Å²) in [4.78, 5) is 11.3. The van der Waals surface area contributed by atoms with E-state index in [1.54, 1.807) is 16.8 Å². The standard InChI is InChI=1S/C14H13N3O4/c18-14(19)12-13(8-2-1-3-8)17(16-15-12)9-4-5-10-11(6-9)21-7-20-10/h4-6,8H,1-3,7H2,(H,18,19). The van der Waals surface area contributed by atoms with Gasteiger partial charge in [0, 0.05) is 12.0 Å². The van der Waals surface area contributed by atoms with Crippen molar-refractivity contribution in [2.24, 2.45) is 0 Å². The minimum Gasteiger partial charge on any atom is -0.476 e. The summed E-state index contributed by atoms with van der Waals surface area (Å²) in [7, 11) is 0. The fourth-order valence-corrected chi connectivity index (χ4v) is 2.70. The number of aromatic nitrogens is 3. The van der Waals surface area contributed by atoms with Crippen molar-refractivity contribution < 1.29 is 19.4 Å². The second-order valence-electron chi connectivity index (χ2n) is 5.21. The van der Waals surface area contributed by atoms with Crippen LogP contribution >= 0.6 is 0 Å². The zero-order valence-corrected chi connectivity index (χ0v) is 11.2. The molecule has 0 unspecified atom stereocenters. The highest BCUT2D eigenvalue weighted by Crippen LogP contribution is 2.39. The first-order chi connectivity index (χ1) is 10.2. The normalized spacial score (nSPS) is 16.8. The van der Waals surface area contributed by atoms with Crippen LogP contribution in [0.15, 0.2) is 18.2 Å². The number of carboxylic acids is 1. The van der Waals surface area contributed by atoms with Gasteiger partial charge in [-0.1, -0.05) is 11.6 Å². The Morgan fingerprint density at radius 2 is 2.10 bits per heavy atom. The van der Waals surface area contributed by atoms with Gasteiger partial charge in [0.25, 0.3) is 0 Å². The summed E-state index contributed by atoms with van der Waals surface area (Å²) in [5.74, 6) is 0.488. The molecule has 1 aromatic carbocycles. The van der Waals surface area contributed by atoms with Crippen molar-refractivity contribution >= 4 is 5.97 Å². The zero-order valence-electron chi connectivity index (χ0n) is 11.2. The molecular weight excluding hydrogens is 274 g/mol. The lowest BCUT2D eigenvalue weighted by Gasteiger charge is -2.26. The molecule has 108 valence electrons. The molecule has 1 aliphatic heterocycles. The molecule has 0 bridgehead atoms. The van der Waals surface area contributed by atoms with Crippen molar-refractivity contribution in [2.45, 2.75) is 25.2 Å². The minimum atomic E-state index is -1.04. The van der Waals surface area contributed by atoms with E-state index in [2.05, 4.69) is 10.3 Å². The highest BCUT2D eigenvalue weighted by Gasteiger charge is 2.31. The predicted octanol–water partition coefficient (Wildman–Crippen LogP) is 1.96. The number of carbonyl (C=O) groups is 1. The summed E-state index contributed by atoms with van der Waals surface area (Å²) in [5, 5.41) is 17.1. The Balaban J connectivity index is 1.82. The average Bonchev–Trinajstić information content (AvgIpc) is 3.01. The average molecular weight is 287 g/mol. The smallest absolute Gasteiger partial charge is 0.358 e. The number of rotatable bonds is 3. The molecule has 2 heterocycles. The van der Waals surface area contributed by atoms with E-state index in [4.69, 9.17) is 9.47 Å². The number of nitrogens with zero attached hydrogens (tertiary/aromatic N) is 3. The number of ether oxygens (including phenoxy) is 2. The molecular formula is C14H13N3O4. The van der Waals surface area contributed by atoms with Gasteiger partial charge >= 0.3 is 5.97 Å². The van der Waals surface area contributed by atoms with Crippen molar-refractivity contribution in [1.82, 2.24) is 15.0 Å². The Morgan fingerprint density at radius 1 is 1.29 bits per heavy atom. The summed E-state index contributed by atoms with van der Waals surface area (Å²) in [6.07, 6.45) is 3.05. The van der Waals surface area contributed by atoms with E-state index < -0.39 is 5.97 Å². The van der Waals surface area contributed by atoms with Gasteiger partial charge in [-0.05, 0) is 25.0 Å². The van der Waals surface area contributed by atoms with Crippen LogP contribution in [0.2, 0.25) is 0 Å². The minimum absolute atomic E-state index is 0.0392. The lowest BCUT2D eigenvalue weighted by Crippen LogP contribution is -2.17. The fraction of sp³-hybridized carbons (Fsp3) is 0.357. The first kappa shape index (κ1) is 12.2. The number of hydrogen-bond donors (Lipinski definition) is 1. The van der Waals surface area contributed by atoms with E-state index in [1.165, 1.54) is 0 Å². The third kappa shape index (κ3) is 1.84. The number of carboxylic acid groups (broad SMARTS) is 1. The summed E-state index contributed by atoms with van der Waals surface area (Å²) in [5.41, 5.74) is 1.45. The third-order valence-corrected chi connectivity index (χ3v) is 4.00. The first-order valence-corrected chi connectivity index (χ1v) is 6.83. The van der Waals surface area contributed by atoms with Crippen LogP contribution < -0.4 is 9.47 Å². The van der Waals surface area contributed by atoms with Crippen LogP contribution in [0.4, 0.5) is 0 Å². The van der Waals surface area contributed by atoms with Crippen LogP contribution in [0.3, 0.4) is 0 Å². The van der Waals surface area contributed by atoms with Crippen LogP contribution in [0, 0.1) is 0 Å². The van der Waals surface area contributed by atoms with Crippen LogP contribution in [-0.4, -0.2) is 32.9 Å². The molecule has 0 spiro atoms. The maximum Gasteiger partial charge on any atom is 0.358 e. The molecule has 1 fully saturated rings. The van der Waals surface area contributed by atoms with Gasteiger partial charge in [0.05, 0.1) is 11.4 Å². The molecule has 1 N–H and O–H groups in total. The number of aromatic carboxylic acids is 1. The molecule has 1 aromatic heterocycles. The summed E-state index contributed by atoms with van der Waals surface area (Å²) in [6.45, 7) is 0.200. The Hall–Kier alpha value is -2.57. The predicted molar refractivity (Wildman–Crippen MR) is 71.0 cm³/mol. The Kier molecular flexibility index (Phi) is 2.60. The van der Waals surface area contributed by atoms with E-state index in [0.717, 1.165) is 24.9 Å². The van der Waals surface area contributed by atoms with Gasteiger partial charge in [-0.3, -0.25) is 0 Å². The van der Waals surface area contributed by atoms with Crippen molar-refractivity contribution in [3.63, 3.8) is 0 Å². The second kappa shape index (κ2) is 4.47. The summed E-state index contributed by atoms with van der Waals surface area (Å²) in [6, 6.07) is 5.42. The Bertz CT molecular complexity index is 721. The topological polar surface area (TPSA) is 86.5 Å². The third-order valence-electron chi connectivity index (χ3n) is 4.00. The van der Waals surface area contributed by atoms with Crippen molar-refractivity contribution in [2.75, 3.05) is 6.79 Å². The Morgan fingerprint density at radius 3 is 2.81 bits per heavy atom. The van der Waals surface area contributed by atoms with Crippen molar-refractivity contribution in [1.29, 1.82) is 0 Å². The maximum absolute atomic E-state index is 11.3. The molecule has 0 amide bonds. The first-order valence-electron chi connectivity index (χ1n) is 6.83. The van der Waals surface area contributed by atoms with Crippen molar-refractivity contribution in [3.8, 4) is 17.2 Å². The molecule has 4 rings (SSSR count). The van der Waals surface area contributed by atoms with Gasteiger partial charge in [-0.2, -0.15) is 0 Å². The second-order valence-corrected chi connectivity index (χ2v) is 5.21. The quantitative estimate of drug-likeness (QED) is 0.928.